The number of ether oxygens (including phenoxy) is 1. The summed E-state index contributed by atoms with van der Waals surface area (Å²) in [6, 6.07) is 17.6. The molecule has 0 amide bonds. The lowest BCUT2D eigenvalue weighted by Gasteiger charge is -2.07. The molecule has 0 saturated heterocycles. The molecule has 0 atom stereocenters. The van der Waals surface area contributed by atoms with Crippen LogP contribution in [0, 0.1) is 0 Å². The summed E-state index contributed by atoms with van der Waals surface area (Å²) >= 11 is 0. The van der Waals surface area contributed by atoms with Crippen LogP contribution in [0.15, 0.2) is 59.0 Å². The Balaban J connectivity index is 1.60. The van der Waals surface area contributed by atoms with Gasteiger partial charge >= 0.3 is 0 Å². The van der Waals surface area contributed by atoms with Gasteiger partial charge in [-0.25, -0.2) is 0 Å². The molecular weight excluding hydrogens is 278 g/mol. The Morgan fingerprint density at radius 2 is 1.73 bits per heavy atom. The average Bonchev–Trinajstić information content (AvgIpc) is 3.05. The Kier molecular flexibility index (Phi) is 4.46. The van der Waals surface area contributed by atoms with E-state index in [2.05, 4.69) is 15.5 Å². The van der Waals surface area contributed by atoms with E-state index in [1.165, 1.54) is 0 Å². The van der Waals surface area contributed by atoms with Gasteiger partial charge in [0, 0.05) is 17.7 Å². The molecule has 0 fully saturated rings. The first-order valence-electron chi connectivity index (χ1n) is 7.07. The molecule has 0 unspecified atom stereocenters. The third-order valence-corrected chi connectivity index (χ3v) is 3.27. The van der Waals surface area contributed by atoms with Gasteiger partial charge in [0.15, 0.2) is 0 Å². The maximum absolute atomic E-state index is 5.65. The summed E-state index contributed by atoms with van der Waals surface area (Å²) in [6.45, 7) is 1.19. The predicted molar refractivity (Wildman–Crippen MR) is 83.3 cm³/mol. The van der Waals surface area contributed by atoms with Crippen molar-refractivity contribution in [3.05, 3.63) is 66.1 Å². The first-order chi connectivity index (χ1) is 10.9. The largest absolute Gasteiger partial charge is 0.496 e. The highest BCUT2D eigenvalue weighted by Crippen LogP contribution is 2.18. The molecule has 0 spiro atoms. The lowest BCUT2D eigenvalue weighted by molar-refractivity contribution is 0.406. The Bertz CT molecular complexity index is 726. The zero-order valence-electron chi connectivity index (χ0n) is 12.3. The number of aromatic nitrogens is 2. The highest BCUT2D eigenvalue weighted by atomic mass is 16.5. The van der Waals surface area contributed by atoms with Crippen LogP contribution in [0.5, 0.6) is 5.75 Å². The van der Waals surface area contributed by atoms with Crippen molar-refractivity contribution in [2.24, 2.45) is 0 Å². The van der Waals surface area contributed by atoms with Gasteiger partial charge in [0.2, 0.25) is 11.8 Å². The number of hydrogen-bond acceptors (Lipinski definition) is 5. The molecule has 0 aliphatic carbocycles. The molecule has 22 heavy (non-hydrogen) atoms. The van der Waals surface area contributed by atoms with Crippen molar-refractivity contribution in [2.45, 2.75) is 13.1 Å². The molecule has 3 aromatic rings. The van der Waals surface area contributed by atoms with E-state index in [1.54, 1.807) is 7.11 Å². The number of nitrogens with one attached hydrogen (secondary N) is 1. The molecule has 0 aliphatic rings. The van der Waals surface area contributed by atoms with E-state index in [-0.39, 0.29) is 0 Å². The highest BCUT2D eigenvalue weighted by molar-refractivity contribution is 5.51. The molecule has 2 aromatic carbocycles. The quantitative estimate of drug-likeness (QED) is 0.757. The Morgan fingerprint density at radius 3 is 2.55 bits per heavy atom. The summed E-state index contributed by atoms with van der Waals surface area (Å²) in [6.07, 6.45) is 0. The zero-order chi connectivity index (χ0) is 15.2. The number of methoxy groups -OCH3 is 1. The molecular formula is C17H17N3O2. The second-order valence-electron chi connectivity index (χ2n) is 4.78. The summed E-state index contributed by atoms with van der Waals surface area (Å²) in [4.78, 5) is 0. The van der Waals surface area contributed by atoms with E-state index in [4.69, 9.17) is 9.15 Å². The molecule has 3 rings (SSSR count). The standard InChI is InChI=1S/C17H17N3O2/c1-21-15-10-6-5-9-14(15)11-18-12-16-19-20-17(22-16)13-7-3-2-4-8-13/h2-10,18H,11-12H2,1H3. The van der Waals surface area contributed by atoms with Crippen LogP contribution >= 0.6 is 0 Å². The number of para-hydroxylation sites is 1. The zero-order valence-corrected chi connectivity index (χ0v) is 12.3. The van der Waals surface area contributed by atoms with Gasteiger partial charge in [-0.2, -0.15) is 0 Å². The summed E-state index contributed by atoms with van der Waals surface area (Å²) in [5.41, 5.74) is 2.01. The molecule has 5 nitrogen and oxygen atoms in total. The van der Waals surface area contributed by atoms with Crippen LogP contribution in [0.25, 0.3) is 11.5 Å². The second-order valence-corrected chi connectivity index (χ2v) is 4.78. The van der Waals surface area contributed by atoms with Gasteiger partial charge in [-0.1, -0.05) is 36.4 Å². The van der Waals surface area contributed by atoms with Gasteiger partial charge in [0.25, 0.3) is 0 Å². The fraction of sp³-hybridized carbons (Fsp3) is 0.176. The summed E-state index contributed by atoms with van der Waals surface area (Å²) in [5.74, 6) is 1.97. The normalized spacial score (nSPS) is 10.6. The average molecular weight is 295 g/mol. The van der Waals surface area contributed by atoms with Crippen LogP contribution in [-0.4, -0.2) is 17.3 Å². The Labute approximate surface area is 129 Å². The van der Waals surface area contributed by atoms with E-state index in [9.17, 15) is 0 Å². The molecule has 0 bridgehead atoms. The van der Waals surface area contributed by atoms with Crippen molar-refractivity contribution in [3.8, 4) is 17.2 Å². The molecule has 0 radical (unpaired) electrons. The molecule has 0 saturated carbocycles. The van der Waals surface area contributed by atoms with Crippen LogP contribution in [-0.2, 0) is 13.1 Å². The minimum atomic E-state index is 0.512. The number of hydrogen-bond donors (Lipinski definition) is 1. The fourth-order valence-corrected chi connectivity index (χ4v) is 2.18. The molecule has 0 aliphatic heterocycles. The van der Waals surface area contributed by atoms with Gasteiger partial charge in [0.05, 0.1) is 13.7 Å². The van der Waals surface area contributed by atoms with E-state index >= 15 is 0 Å². The first kappa shape index (κ1) is 14.3. The van der Waals surface area contributed by atoms with Crippen molar-refractivity contribution in [1.29, 1.82) is 0 Å². The molecule has 1 aromatic heterocycles. The maximum atomic E-state index is 5.65. The minimum Gasteiger partial charge on any atom is -0.496 e. The third-order valence-electron chi connectivity index (χ3n) is 3.27. The number of rotatable bonds is 6. The summed E-state index contributed by atoms with van der Waals surface area (Å²) in [5, 5.41) is 11.4. The minimum absolute atomic E-state index is 0.512. The smallest absolute Gasteiger partial charge is 0.247 e. The molecule has 1 N–H and O–H groups in total. The summed E-state index contributed by atoms with van der Waals surface area (Å²) < 4.78 is 11.0. The monoisotopic (exact) mass is 295 g/mol. The van der Waals surface area contributed by atoms with Crippen LogP contribution in [0.2, 0.25) is 0 Å². The van der Waals surface area contributed by atoms with Gasteiger partial charge in [-0.05, 0) is 18.2 Å². The van der Waals surface area contributed by atoms with Crippen LogP contribution in [0.1, 0.15) is 11.5 Å². The van der Waals surface area contributed by atoms with Gasteiger partial charge < -0.3 is 14.5 Å². The third kappa shape index (κ3) is 3.32. The second kappa shape index (κ2) is 6.87. The Hall–Kier alpha value is -2.66. The summed E-state index contributed by atoms with van der Waals surface area (Å²) in [7, 11) is 1.67. The van der Waals surface area contributed by atoms with E-state index in [0.717, 1.165) is 16.9 Å². The predicted octanol–water partition coefficient (Wildman–Crippen LogP) is 3.04. The van der Waals surface area contributed by atoms with Crippen LogP contribution in [0.4, 0.5) is 0 Å². The highest BCUT2D eigenvalue weighted by Gasteiger charge is 2.08. The number of benzene rings is 2. The van der Waals surface area contributed by atoms with Gasteiger partial charge in [0.1, 0.15) is 5.75 Å². The first-order valence-corrected chi connectivity index (χ1v) is 7.07. The van der Waals surface area contributed by atoms with Crippen molar-refractivity contribution in [1.82, 2.24) is 15.5 Å². The van der Waals surface area contributed by atoms with Crippen molar-refractivity contribution in [3.63, 3.8) is 0 Å². The molecule has 5 heteroatoms. The van der Waals surface area contributed by atoms with E-state index < -0.39 is 0 Å². The topological polar surface area (TPSA) is 60.2 Å². The van der Waals surface area contributed by atoms with Crippen molar-refractivity contribution >= 4 is 0 Å². The number of nitrogens with zero attached hydrogens (tertiary/aromatic N) is 2. The lowest BCUT2D eigenvalue weighted by atomic mass is 10.2. The fourth-order valence-electron chi connectivity index (χ4n) is 2.18. The van der Waals surface area contributed by atoms with Gasteiger partial charge in [-0.3, -0.25) is 0 Å². The molecule has 1 heterocycles. The Morgan fingerprint density at radius 1 is 0.955 bits per heavy atom. The van der Waals surface area contributed by atoms with Crippen molar-refractivity contribution < 1.29 is 9.15 Å². The van der Waals surface area contributed by atoms with Gasteiger partial charge in [-0.15, -0.1) is 10.2 Å². The van der Waals surface area contributed by atoms with Crippen LogP contribution < -0.4 is 10.1 Å². The maximum Gasteiger partial charge on any atom is 0.247 e. The van der Waals surface area contributed by atoms with Crippen molar-refractivity contribution in [2.75, 3.05) is 7.11 Å². The van der Waals surface area contributed by atoms with E-state index in [1.807, 2.05) is 54.6 Å². The molecule has 112 valence electrons. The lowest BCUT2D eigenvalue weighted by Crippen LogP contribution is -2.13. The van der Waals surface area contributed by atoms with E-state index in [0.29, 0.717) is 24.9 Å². The SMILES string of the molecule is COc1ccccc1CNCc1nnc(-c2ccccc2)o1. The van der Waals surface area contributed by atoms with Crippen LogP contribution in [0.3, 0.4) is 0 Å².